The maximum Gasteiger partial charge on any atom is 0.319 e. The molecular formula is C15H15Cl3N4O2. The third-order valence-electron chi connectivity index (χ3n) is 2.95. The summed E-state index contributed by atoms with van der Waals surface area (Å²) in [4.78, 5) is 15.6. The fourth-order valence-electron chi connectivity index (χ4n) is 1.82. The Kier molecular flexibility index (Phi) is 6.93. The number of hydrogen-bond acceptors (Lipinski definition) is 4. The fraction of sp³-hybridized carbons (Fsp3) is 0.200. The highest BCUT2D eigenvalue weighted by Crippen LogP contribution is 2.28. The molecule has 0 aliphatic rings. The lowest BCUT2D eigenvalue weighted by atomic mass is 10.3. The smallest absolute Gasteiger partial charge is 0.319 e. The van der Waals surface area contributed by atoms with E-state index in [1.54, 1.807) is 24.3 Å². The molecule has 0 radical (unpaired) electrons. The van der Waals surface area contributed by atoms with Crippen LogP contribution in [0.1, 0.15) is 0 Å². The number of rotatable bonds is 6. The number of halogens is 3. The first-order chi connectivity index (χ1) is 11.5. The molecule has 0 saturated heterocycles. The topological polar surface area (TPSA) is 86.3 Å². The number of hydrogen-bond donors (Lipinski definition) is 4. The van der Waals surface area contributed by atoms with Crippen molar-refractivity contribution >= 4 is 52.2 Å². The molecule has 2 rings (SSSR count). The number of aliphatic hydroxyl groups excluding tert-OH is 1. The van der Waals surface area contributed by atoms with Crippen LogP contribution in [0.2, 0.25) is 15.1 Å². The molecule has 6 nitrogen and oxygen atoms in total. The zero-order chi connectivity index (χ0) is 17.5. The van der Waals surface area contributed by atoms with Crippen LogP contribution in [0.4, 0.5) is 16.2 Å². The Labute approximate surface area is 154 Å². The van der Waals surface area contributed by atoms with E-state index < -0.39 is 12.1 Å². The highest BCUT2D eigenvalue weighted by molar-refractivity contribution is 6.38. The molecule has 24 heavy (non-hydrogen) atoms. The second-order valence-electron chi connectivity index (χ2n) is 4.86. The first-order valence-corrected chi connectivity index (χ1v) is 8.10. The van der Waals surface area contributed by atoms with E-state index in [2.05, 4.69) is 20.9 Å². The molecule has 128 valence electrons. The van der Waals surface area contributed by atoms with E-state index in [-0.39, 0.29) is 13.1 Å². The van der Waals surface area contributed by atoms with Crippen LogP contribution < -0.4 is 16.0 Å². The van der Waals surface area contributed by atoms with Crippen LogP contribution >= 0.6 is 34.8 Å². The lowest BCUT2D eigenvalue weighted by Crippen LogP contribution is -2.38. The van der Waals surface area contributed by atoms with E-state index in [9.17, 15) is 9.90 Å². The zero-order valence-electron chi connectivity index (χ0n) is 12.4. The Balaban J connectivity index is 1.76. The average molecular weight is 390 g/mol. The van der Waals surface area contributed by atoms with Crippen LogP contribution in [0.15, 0.2) is 36.7 Å². The maximum atomic E-state index is 11.8. The van der Waals surface area contributed by atoms with Gasteiger partial charge in [0.2, 0.25) is 0 Å². The van der Waals surface area contributed by atoms with Crippen molar-refractivity contribution in [1.29, 1.82) is 0 Å². The molecule has 1 unspecified atom stereocenters. The number of anilines is 2. The quantitative estimate of drug-likeness (QED) is 0.607. The first-order valence-electron chi connectivity index (χ1n) is 6.97. The van der Waals surface area contributed by atoms with Gasteiger partial charge >= 0.3 is 6.03 Å². The molecule has 1 heterocycles. The maximum absolute atomic E-state index is 11.8. The molecule has 0 fully saturated rings. The van der Waals surface area contributed by atoms with Gasteiger partial charge in [0, 0.05) is 36.2 Å². The number of nitrogens with one attached hydrogen (secondary N) is 3. The van der Waals surface area contributed by atoms with E-state index in [4.69, 9.17) is 34.8 Å². The molecule has 0 aliphatic heterocycles. The zero-order valence-corrected chi connectivity index (χ0v) is 14.7. The number of amides is 2. The van der Waals surface area contributed by atoms with Crippen molar-refractivity contribution < 1.29 is 9.90 Å². The van der Waals surface area contributed by atoms with Crippen LogP contribution in [-0.4, -0.2) is 35.3 Å². The Morgan fingerprint density at radius 2 is 1.88 bits per heavy atom. The van der Waals surface area contributed by atoms with Gasteiger partial charge in [0.15, 0.2) is 0 Å². The van der Waals surface area contributed by atoms with E-state index in [1.807, 2.05) is 0 Å². The van der Waals surface area contributed by atoms with Gasteiger partial charge in [-0.1, -0.05) is 40.9 Å². The molecule has 0 bridgehead atoms. The summed E-state index contributed by atoms with van der Waals surface area (Å²) >= 11 is 17.8. The van der Waals surface area contributed by atoms with Crippen molar-refractivity contribution in [2.24, 2.45) is 0 Å². The van der Waals surface area contributed by atoms with Crippen molar-refractivity contribution in [3.05, 3.63) is 51.7 Å². The number of aromatic nitrogens is 1. The summed E-state index contributed by atoms with van der Waals surface area (Å²) in [7, 11) is 0. The second kappa shape index (κ2) is 8.94. The standard InChI is InChI=1S/C15H15Cl3N4O2/c16-9-2-1-3-10(4-9)22-15(24)21-6-11(23)5-20-14-12(17)7-19-8-13(14)18/h1-4,7-8,11,23H,5-6H2,(H,19,20)(H2,21,22,24). The lowest BCUT2D eigenvalue weighted by molar-refractivity contribution is 0.184. The summed E-state index contributed by atoms with van der Waals surface area (Å²) in [6.07, 6.45) is 2.05. The predicted molar refractivity (Wildman–Crippen MR) is 97.2 cm³/mol. The Morgan fingerprint density at radius 3 is 2.54 bits per heavy atom. The fourth-order valence-corrected chi connectivity index (χ4v) is 2.51. The van der Waals surface area contributed by atoms with Gasteiger partial charge in [-0.25, -0.2) is 4.79 Å². The van der Waals surface area contributed by atoms with E-state index in [0.717, 1.165) is 0 Å². The van der Waals surface area contributed by atoms with E-state index in [0.29, 0.717) is 26.4 Å². The van der Waals surface area contributed by atoms with Crippen molar-refractivity contribution in [3.63, 3.8) is 0 Å². The van der Waals surface area contributed by atoms with Gasteiger partial charge in [0.05, 0.1) is 21.8 Å². The van der Waals surface area contributed by atoms with Crippen molar-refractivity contribution in [3.8, 4) is 0 Å². The molecule has 0 saturated carbocycles. The largest absolute Gasteiger partial charge is 0.389 e. The van der Waals surface area contributed by atoms with Gasteiger partial charge in [-0.3, -0.25) is 4.98 Å². The van der Waals surface area contributed by atoms with Crippen molar-refractivity contribution in [2.45, 2.75) is 6.10 Å². The van der Waals surface area contributed by atoms with Crippen LogP contribution in [0, 0.1) is 0 Å². The van der Waals surface area contributed by atoms with Gasteiger partial charge in [0.1, 0.15) is 0 Å². The molecule has 0 aliphatic carbocycles. The molecule has 1 atom stereocenters. The number of benzene rings is 1. The summed E-state index contributed by atoms with van der Waals surface area (Å²) in [5, 5.41) is 19.2. The minimum Gasteiger partial charge on any atom is -0.389 e. The van der Waals surface area contributed by atoms with E-state index in [1.165, 1.54) is 12.4 Å². The summed E-state index contributed by atoms with van der Waals surface area (Å²) in [5.41, 5.74) is 1.04. The SMILES string of the molecule is O=C(NCC(O)CNc1c(Cl)cncc1Cl)Nc1cccc(Cl)c1. The molecular weight excluding hydrogens is 375 g/mol. The highest BCUT2D eigenvalue weighted by Gasteiger charge is 2.10. The first kappa shape index (κ1) is 18.6. The number of pyridine rings is 1. The molecule has 1 aromatic heterocycles. The third-order valence-corrected chi connectivity index (χ3v) is 3.76. The molecule has 2 aromatic rings. The van der Waals surface area contributed by atoms with Crippen LogP contribution in [0.25, 0.3) is 0 Å². The highest BCUT2D eigenvalue weighted by atomic mass is 35.5. The lowest BCUT2D eigenvalue weighted by Gasteiger charge is -2.15. The molecule has 2 amide bonds. The predicted octanol–water partition coefficient (Wildman–Crippen LogP) is 3.64. The minimum atomic E-state index is -0.838. The van der Waals surface area contributed by atoms with Crippen LogP contribution in [0.3, 0.4) is 0 Å². The second-order valence-corrected chi connectivity index (χ2v) is 6.11. The number of carbonyl (C=O) groups is 1. The monoisotopic (exact) mass is 388 g/mol. The molecule has 9 heteroatoms. The Morgan fingerprint density at radius 1 is 1.17 bits per heavy atom. The Bertz CT molecular complexity index is 695. The molecule has 4 N–H and O–H groups in total. The third kappa shape index (κ3) is 5.72. The number of urea groups is 1. The molecule has 1 aromatic carbocycles. The summed E-state index contributed by atoms with van der Waals surface area (Å²) < 4.78 is 0. The van der Waals surface area contributed by atoms with Gasteiger partial charge in [-0.15, -0.1) is 0 Å². The van der Waals surface area contributed by atoms with Crippen LogP contribution in [0.5, 0.6) is 0 Å². The summed E-state index contributed by atoms with van der Waals surface area (Å²) in [6.45, 7) is 0.195. The number of aliphatic hydroxyl groups is 1. The normalized spacial score (nSPS) is 11.7. The van der Waals surface area contributed by atoms with Crippen molar-refractivity contribution in [2.75, 3.05) is 23.7 Å². The number of nitrogens with zero attached hydrogens (tertiary/aromatic N) is 1. The summed E-state index contributed by atoms with van der Waals surface area (Å²) in [5.74, 6) is 0. The van der Waals surface area contributed by atoms with Gasteiger partial charge < -0.3 is 21.1 Å². The van der Waals surface area contributed by atoms with Gasteiger partial charge in [0.25, 0.3) is 0 Å². The summed E-state index contributed by atoms with van der Waals surface area (Å²) in [6, 6.07) is 6.30. The van der Waals surface area contributed by atoms with Gasteiger partial charge in [-0.2, -0.15) is 0 Å². The Hall–Kier alpha value is -1.73. The van der Waals surface area contributed by atoms with Crippen LogP contribution in [-0.2, 0) is 0 Å². The van der Waals surface area contributed by atoms with Gasteiger partial charge in [-0.05, 0) is 18.2 Å². The van der Waals surface area contributed by atoms with E-state index >= 15 is 0 Å². The average Bonchev–Trinajstić information content (AvgIpc) is 2.52. The molecule has 0 spiro atoms. The van der Waals surface area contributed by atoms with Crippen molar-refractivity contribution in [1.82, 2.24) is 10.3 Å². The minimum absolute atomic E-state index is 0.0414. The number of carbonyl (C=O) groups excluding carboxylic acids is 1.